The van der Waals surface area contributed by atoms with Crippen LogP contribution >= 0.6 is 0 Å². The van der Waals surface area contributed by atoms with Crippen LogP contribution in [0.2, 0.25) is 0 Å². The van der Waals surface area contributed by atoms with Crippen molar-refractivity contribution >= 4 is 5.97 Å². The maximum atomic E-state index is 12.3. The van der Waals surface area contributed by atoms with E-state index in [0.717, 1.165) is 25.9 Å². The van der Waals surface area contributed by atoms with Gasteiger partial charge in [-0.1, -0.05) is 27.7 Å². The van der Waals surface area contributed by atoms with Gasteiger partial charge in [0.2, 0.25) is 0 Å². The van der Waals surface area contributed by atoms with Crippen LogP contribution in [-0.4, -0.2) is 48.7 Å². The van der Waals surface area contributed by atoms with Gasteiger partial charge in [0.25, 0.3) is 0 Å². The molecule has 1 fully saturated rings. The van der Waals surface area contributed by atoms with Crippen molar-refractivity contribution in [3.05, 3.63) is 0 Å². The first kappa shape index (κ1) is 18.4. The zero-order chi connectivity index (χ0) is 16.0. The topological polar surface area (TPSA) is 41.6 Å². The fourth-order valence-corrected chi connectivity index (χ4v) is 3.10. The van der Waals surface area contributed by atoms with Gasteiger partial charge in [0.15, 0.2) is 0 Å². The molecular formula is C17H34N2O2. The lowest BCUT2D eigenvalue weighted by Crippen LogP contribution is -2.60. The fraction of sp³-hybridized carbons (Fsp3) is 0.941. The van der Waals surface area contributed by atoms with Gasteiger partial charge in [0.05, 0.1) is 7.11 Å². The van der Waals surface area contributed by atoms with Crippen LogP contribution in [-0.2, 0) is 9.53 Å². The lowest BCUT2D eigenvalue weighted by molar-refractivity contribution is -0.149. The van der Waals surface area contributed by atoms with Gasteiger partial charge in [0, 0.05) is 25.2 Å². The Labute approximate surface area is 130 Å². The molecule has 0 saturated heterocycles. The normalized spacial score (nSPS) is 18.3. The average Bonchev–Trinajstić information content (AvgIpc) is 3.21. The molecular weight excluding hydrogens is 264 g/mol. The molecule has 1 rings (SSSR count). The summed E-state index contributed by atoms with van der Waals surface area (Å²) >= 11 is 0. The van der Waals surface area contributed by atoms with Crippen molar-refractivity contribution in [2.24, 2.45) is 5.92 Å². The summed E-state index contributed by atoms with van der Waals surface area (Å²) in [6.45, 7) is 12.7. The summed E-state index contributed by atoms with van der Waals surface area (Å²) in [5.41, 5.74) is -0.604. The minimum atomic E-state index is -0.604. The van der Waals surface area contributed by atoms with Crippen molar-refractivity contribution < 1.29 is 9.53 Å². The summed E-state index contributed by atoms with van der Waals surface area (Å²) in [6.07, 6.45) is 4.57. The van der Waals surface area contributed by atoms with E-state index in [0.29, 0.717) is 18.0 Å². The number of esters is 1. The molecule has 1 aliphatic carbocycles. The van der Waals surface area contributed by atoms with Gasteiger partial charge in [-0.15, -0.1) is 0 Å². The smallest absolute Gasteiger partial charge is 0.327 e. The van der Waals surface area contributed by atoms with Crippen molar-refractivity contribution in [3.8, 4) is 0 Å². The third kappa shape index (κ3) is 5.59. The highest BCUT2D eigenvalue weighted by Crippen LogP contribution is 2.25. The molecule has 21 heavy (non-hydrogen) atoms. The molecule has 0 spiro atoms. The van der Waals surface area contributed by atoms with Crippen LogP contribution in [0.1, 0.15) is 60.3 Å². The first-order valence-electron chi connectivity index (χ1n) is 8.46. The molecule has 0 aromatic rings. The molecule has 4 heteroatoms. The van der Waals surface area contributed by atoms with Crippen molar-refractivity contribution in [1.82, 2.24) is 10.2 Å². The van der Waals surface area contributed by atoms with Crippen molar-refractivity contribution in [3.63, 3.8) is 0 Å². The number of carbonyl (C=O) groups excluding carboxylic acids is 1. The summed E-state index contributed by atoms with van der Waals surface area (Å²) in [5, 5.41) is 3.51. The predicted octanol–water partition coefficient (Wildman–Crippen LogP) is 2.82. The predicted molar refractivity (Wildman–Crippen MR) is 87.4 cm³/mol. The molecule has 0 radical (unpaired) electrons. The third-order valence-corrected chi connectivity index (χ3v) is 4.31. The largest absolute Gasteiger partial charge is 0.468 e. The minimum absolute atomic E-state index is 0.144. The Morgan fingerprint density at radius 1 is 1.33 bits per heavy atom. The summed E-state index contributed by atoms with van der Waals surface area (Å²) in [5.74, 6) is 0.447. The Hall–Kier alpha value is -0.610. The number of hydrogen-bond donors (Lipinski definition) is 1. The molecule has 1 atom stereocenters. The Morgan fingerprint density at radius 3 is 2.29 bits per heavy atom. The summed E-state index contributed by atoms with van der Waals surface area (Å²) in [6, 6.07) is 1.01. The highest BCUT2D eigenvalue weighted by molar-refractivity contribution is 5.80. The molecule has 0 aromatic carbocycles. The van der Waals surface area contributed by atoms with Gasteiger partial charge in [-0.3, -0.25) is 15.0 Å². The van der Waals surface area contributed by atoms with E-state index < -0.39 is 5.54 Å². The van der Waals surface area contributed by atoms with Crippen LogP contribution in [0.15, 0.2) is 0 Å². The van der Waals surface area contributed by atoms with Crippen LogP contribution in [0.5, 0.6) is 0 Å². The Bertz CT molecular complexity index is 325. The van der Waals surface area contributed by atoms with Crippen LogP contribution in [0.3, 0.4) is 0 Å². The number of rotatable bonds is 10. The van der Waals surface area contributed by atoms with Crippen molar-refractivity contribution in [2.45, 2.75) is 77.9 Å². The van der Waals surface area contributed by atoms with Crippen molar-refractivity contribution in [2.75, 3.05) is 20.2 Å². The third-order valence-electron chi connectivity index (χ3n) is 4.31. The van der Waals surface area contributed by atoms with E-state index in [9.17, 15) is 4.79 Å². The molecule has 4 nitrogen and oxygen atoms in total. The number of hydrogen-bond acceptors (Lipinski definition) is 4. The summed E-state index contributed by atoms with van der Waals surface area (Å²) in [4.78, 5) is 14.8. The Morgan fingerprint density at radius 2 is 1.90 bits per heavy atom. The highest BCUT2D eigenvalue weighted by Gasteiger charge is 2.41. The van der Waals surface area contributed by atoms with Crippen LogP contribution in [0.25, 0.3) is 0 Å². The first-order valence-corrected chi connectivity index (χ1v) is 8.46. The average molecular weight is 298 g/mol. The molecule has 1 saturated carbocycles. The van der Waals surface area contributed by atoms with E-state index in [1.807, 2.05) is 6.92 Å². The molecule has 0 heterocycles. The molecule has 0 bridgehead atoms. The molecule has 1 unspecified atom stereocenters. The van der Waals surface area contributed by atoms with E-state index in [1.165, 1.54) is 20.0 Å². The maximum absolute atomic E-state index is 12.3. The number of carbonyl (C=O) groups is 1. The zero-order valence-electron chi connectivity index (χ0n) is 14.7. The number of nitrogens with one attached hydrogen (secondary N) is 1. The molecule has 124 valence electrons. The zero-order valence-corrected chi connectivity index (χ0v) is 14.7. The number of methoxy groups -OCH3 is 1. The Kier molecular flexibility index (Phi) is 7.14. The summed E-state index contributed by atoms with van der Waals surface area (Å²) < 4.78 is 5.07. The van der Waals surface area contributed by atoms with E-state index >= 15 is 0 Å². The highest BCUT2D eigenvalue weighted by atomic mass is 16.5. The van der Waals surface area contributed by atoms with Gasteiger partial charge < -0.3 is 4.74 Å². The Balaban J connectivity index is 2.85. The standard InChI is InChI=1S/C17H34N2O2/c1-7-15(8-2)19(11-13(3)4)12-17(5,16(20)21-6)18-14-9-10-14/h13-15,18H,7-12H2,1-6H3. The second-order valence-electron chi connectivity index (χ2n) is 7.04. The second-order valence-corrected chi connectivity index (χ2v) is 7.04. The molecule has 0 amide bonds. The number of ether oxygens (including phenoxy) is 1. The second kappa shape index (κ2) is 8.14. The quantitative estimate of drug-likeness (QED) is 0.630. The van der Waals surface area contributed by atoms with Crippen LogP contribution in [0, 0.1) is 5.92 Å². The molecule has 1 aliphatic rings. The van der Waals surface area contributed by atoms with E-state index in [-0.39, 0.29) is 5.97 Å². The molecule has 1 N–H and O–H groups in total. The van der Waals surface area contributed by atoms with E-state index in [2.05, 4.69) is 37.9 Å². The summed E-state index contributed by atoms with van der Waals surface area (Å²) in [7, 11) is 1.49. The van der Waals surface area contributed by atoms with Gasteiger partial charge in [-0.05, 0) is 38.5 Å². The van der Waals surface area contributed by atoms with Gasteiger partial charge >= 0.3 is 5.97 Å². The van der Waals surface area contributed by atoms with Gasteiger partial charge in [-0.2, -0.15) is 0 Å². The maximum Gasteiger partial charge on any atom is 0.327 e. The van der Waals surface area contributed by atoms with Crippen molar-refractivity contribution in [1.29, 1.82) is 0 Å². The first-order chi connectivity index (χ1) is 9.86. The number of nitrogens with zero attached hydrogens (tertiary/aromatic N) is 1. The van der Waals surface area contributed by atoms with Gasteiger partial charge in [-0.25, -0.2) is 0 Å². The molecule has 0 aliphatic heterocycles. The monoisotopic (exact) mass is 298 g/mol. The molecule has 0 aromatic heterocycles. The van der Waals surface area contributed by atoms with Crippen LogP contribution < -0.4 is 5.32 Å². The lowest BCUT2D eigenvalue weighted by atomic mass is 9.98. The minimum Gasteiger partial charge on any atom is -0.468 e. The van der Waals surface area contributed by atoms with Gasteiger partial charge in [0.1, 0.15) is 5.54 Å². The van der Waals surface area contributed by atoms with Crippen LogP contribution in [0.4, 0.5) is 0 Å². The fourth-order valence-electron chi connectivity index (χ4n) is 3.10. The SMILES string of the molecule is CCC(CC)N(CC(C)C)CC(C)(NC1CC1)C(=O)OC. The van der Waals surface area contributed by atoms with E-state index in [1.54, 1.807) is 0 Å². The lowest BCUT2D eigenvalue weighted by Gasteiger charge is -2.39. The van der Waals surface area contributed by atoms with E-state index in [4.69, 9.17) is 4.74 Å².